The fourth-order valence-electron chi connectivity index (χ4n) is 3.90. The zero-order chi connectivity index (χ0) is 21.1. The average Bonchev–Trinajstić information content (AvgIpc) is 3.33. The summed E-state index contributed by atoms with van der Waals surface area (Å²) >= 11 is 0. The van der Waals surface area contributed by atoms with Gasteiger partial charge in [0.2, 0.25) is 5.91 Å². The fraction of sp³-hybridized carbons (Fsp3) is 0.333. The molecule has 2 amide bonds. The van der Waals surface area contributed by atoms with Gasteiger partial charge in [0, 0.05) is 19.1 Å². The van der Waals surface area contributed by atoms with E-state index in [4.69, 9.17) is 9.15 Å². The molecule has 0 spiro atoms. The summed E-state index contributed by atoms with van der Waals surface area (Å²) in [6.45, 7) is 3.14. The van der Waals surface area contributed by atoms with Crippen molar-refractivity contribution in [2.24, 2.45) is 0 Å². The molecule has 4 rings (SSSR count). The van der Waals surface area contributed by atoms with Gasteiger partial charge in [0.05, 0.1) is 19.3 Å². The average molecular weight is 406 g/mol. The number of likely N-dealkylation sites (tertiary alicyclic amines) is 1. The van der Waals surface area contributed by atoms with Crippen molar-refractivity contribution >= 4 is 22.6 Å². The quantitative estimate of drug-likeness (QED) is 0.696. The molecule has 1 fully saturated rings. The van der Waals surface area contributed by atoms with E-state index >= 15 is 0 Å². The second-order valence-corrected chi connectivity index (χ2v) is 7.75. The molecule has 0 saturated carbocycles. The van der Waals surface area contributed by atoms with E-state index in [-0.39, 0.29) is 23.8 Å². The molecule has 2 aromatic carbocycles. The smallest absolute Gasteiger partial charge is 0.289 e. The number of carbonyl (C=O) groups is 2. The van der Waals surface area contributed by atoms with Gasteiger partial charge in [-0.15, -0.1) is 0 Å². The van der Waals surface area contributed by atoms with Gasteiger partial charge in [0.15, 0.2) is 5.76 Å². The van der Waals surface area contributed by atoms with E-state index in [2.05, 4.69) is 11.4 Å². The number of rotatable bonds is 5. The lowest BCUT2D eigenvalue weighted by atomic mass is 9.96. The van der Waals surface area contributed by atoms with Crippen LogP contribution in [0.4, 0.5) is 0 Å². The predicted octanol–water partition coefficient (Wildman–Crippen LogP) is 3.97. The number of methoxy groups -OCH3 is 1. The number of nitrogens with zero attached hydrogens (tertiary/aromatic N) is 1. The van der Waals surface area contributed by atoms with Crippen LogP contribution in [0.5, 0.6) is 5.75 Å². The molecule has 0 aliphatic carbocycles. The minimum absolute atomic E-state index is 0.0127. The highest BCUT2D eigenvalue weighted by molar-refractivity contribution is 5.91. The van der Waals surface area contributed by atoms with Crippen LogP contribution in [0.3, 0.4) is 0 Å². The molecule has 1 N–H and O–H groups in total. The van der Waals surface area contributed by atoms with E-state index in [1.54, 1.807) is 24.1 Å². The van der Waals surface area contributed by atoms with Crippen molar-refractivity contribution in [2.75, 3.05) is 20.2 Å². The van der Waals surface area contributed by atoms with Gasteiger partial charge in [-0.2, -0.15) is 0 Å². The van der Waals surface area contributed by atoms with Gasteiger partial charge in [0.1, 0.15) is 5.75 Å². The Labute approximate surface area is 175 Å². The largest absolute Gasteiger partial charge is 0.497 e. The number of fused-ring (bicyclic) bond motifs is 1. The molecule has 156 valence electrons. The number of carbonyl (C=O) groups excluding carboxylic acids is 2. The molecule has 6 heteroatoms. The Morgan fingerprint density at radius 2 is 1.83 bits per heavy atom. The van der Waals surface area contributed by atoms with E-state index in [1.165, 1.54) is 6.26 Å². The maximum absolute atomic E-state index is 12.8. The highest BCUT2D eigenvalue weighted by Gasteiger charge is 2.27. The lowest BCUT2D eigenvalue weighted by Crippen LogP contribution is -2.47. The Morgan fingerprint density at radius 1 is 1.10 bits per heavy atom. The summed E-state index contributed by atoms with van der Waals surface area (Å²) in [5.74, 6) is 0.849. The predicted molar refractivity (Wildman–Crippen MR) is 115 cm³/mol. The molecule has 6 nitrogen and oxygen atoms in total. The normalized spacial score (nSPS) is 15.7. The van der Waals surface area contributed by atoms with E-state index in [0.717, 1.165) is 34.9 Å². The molecular weight excluding hydrogens is 380 g/mol. The number of piperidine rings is 1. The van der Waals surface area contributed by atoms with Gasteiger partial charge < -0.3 is 19.4 Å². The number of hydrogen-bond donors (Lipinski definition) is 1. The first kappa shape index (κ1) is 20.0. The molecule has 1 aromatic heterocycles. The summed E-state index contributed by atoms with van der Waals surface area (Å²) in [7, 11) is 1.65. The van der Waals surface area contributed by atoms with Crippen LogP contribution in [0, 0.1) is 0 Å². The van der Waals surface area contributed by atoms with Crippen LogP contribution in [0.1, 0.15) is 41.8 Å². The maximum Gasteiger partial charge on any atom is 0.289 e. The minimum atomic E-state index is -0.251. The van der Waals surface area contributed by atoms with Gasteiger partial charge in [0.25, 0.3) is 5.91 Å². The van der Waals surface area contributed by atoms with Crippen LogP contribution < -0.4 is 10.1 Å². The third-order valence-electron chi connectivity index (χ3n) is 5.83. The number of amides is 2. The van der Waals surface area contributed by atoms with Crippen LogP contribution in [-0.2, 0) is 4.79 Å². The SMILES string of the molecule is COc1ccc2cc([C@H](C)C(=O)NC3CCN(C(=O)c4ccco4)CC3)ccc2c1. The Balaban J connectivity index is 1.35. The first-order valence-electron chi connectivity index (χ1n) is 10.3. The van der Waals surface area contributed by atoms with Crippen molar-refractivity contribution in [3.8, 4) is 5.75 Å². The maximum atomic E-state index is 12.8. The van der Waals surface area contributed by atoms with Crippen LogP contribution in [0.15, 0.2) is 59.2 Å². The van der Waals surface area contributed by atoms with E-state index in [1.807, 2.05) is 37.3 Å². The van der Waals surface area contributed by atoms with Crippen molar-refractivity contribution in [1.29, 1.82) is 0 Å². The first-order chi connectivity index (χ1) is 14.5. The van der Waals surface area contributed by atoms with Crippen molar-refractivity contribution in [3.63, 3.8) is 0 Å². The molecule has 0 bridgehead atoms. The van der Waals surface area contributed by atoms with Crippen LogP contribution in [0.2, 0.25) is 0 Å². The summed E-state index contributed by atoms with van der Waals surface area (Å²) in [6, 6.07) is 15.5. The standard InChI is InChI=1S/C24H26N2O4/c1-16(17-5-6-19-15-21(29-2)8-7-18(19)14-17)23(27)25-20-9-11-26(12-10-20)24(28)22-4-3-13-30-22/h3-8,13-16,20H,9-12H2,1-2H3,(H,25,27)/t16-/m0/s1. The Kier molecular flexibility index (Phi) is 5.74. The van der Waals surface area contributed by atoms with Gasteiger partial charge in [-0.25, -0.2) is 0 Å². The topological polar surface area (TPSA) is 71.8 Å². The number of benzene rings is 2. The van der Waals surface area contributed by atoms with E-state index in [0.29, 0.717) is 18.8 Å². The Hall–Kier alpha value is -3.28. The molecule has 2 heterocycles. The Bertz CT molecular complexity index is 1040. The zero-order valence-corrected chi connectivity index (χ0v) is 17.3. The lowest BCUT2D eigenvalue weighted by molar-refractivity contribution is -0.123. The van der Waals surface area contributed by atoms with E-state index in [9.17, 15) is 9.59 Å². The summed E-state index contributed by atoms with van der Waals surface area (Å²) in [5.41, 5.74) is 0.982. The van der Waals surface area contributed by atoms with Crippen molar-refractivity contribution < 1.29 is 18.7 Å². The van der Waals surface area contributed by atoms with Crippen molar-refractivity contribution in [3.05, 3.63) is 66.1 Å². The summed E-state index contributed by atoms with van der Waals surface area (Å²) in [5, 5.41) is 5.32. The van der Waals surface area contributed by atoms with Gasteiger partial charge in [-0.05, 0) is 60.4 Å². The second-order valence-electron chi connectivity index (χ2n) is 7.75. The van der Waals surface area contributed by atoms with Gasteiger partial charge in [-0.1, -0.05) is 24.3 Å². The monoisotopic (exact) mass is 406 g/mol. The number of nitrogens with one attached hydrogen (secondary N) is 1. The number of hydrogen-bond acceptors (Lipinski definition) is 4. The summed E-state index contributed by atoms with van der Waals surface area (Å²) < 4.78 is 10.5. The van der Waals surface area contributed by atoms with Crippen LogP contribution in [0.25, 0.3) is 10.8 Å². The van der Waals surface area contributed by atoms with Crippen LogP contribution >= 0.6 is 0 Å². The third kappa shape index (κ3) is 4.17. The fourth-order valence-corrected chi connectivity index (χ4v) is 3.90. The third-order valence-corrected chi connectivity index (χ3v) is 5.83. The molecule has 1 aliphatic rings. The lowest BCUT2D eigenvalue weighted by Gasteiger charge is -2.32. The molecule has 0 radical (unpaired) electrons. The van der Waals surface area contributed by atoms with Crippen molar-refractivity contribution in [2.45, 2.75) is 31.7 Å². The zero-order valence-electron chi connectivity index (χ0n) is 17.3. The molecule has 1 aliphatic heterocycles. The van der Waals surface area contributed by atoms with Crippen molar-refractivity contribution in [1.82, 2.24) is 10.2 Å². The van der Waals surface area contributed by atoms with Crippen LogP contribution in [-0.4, -0.2) is 43.0 Å². The molecule has 1 saturated heterocycles. The highest BCUT2D eigenvalue weighted by atomic mass is 16.5. The summed E-state index contributed by atoms with van der Waals surface area (Å²) in [4.78, 5) is 27.0. The Morgan fingerprint density at radius 3 is 2.53 bits per heavy atom. The molecular formula is C24H26N2O4. The first-order valence-corrected chi connectivity index (χ1v) is 10.3. The molecule has 0 unspecified atom stereocenters. The molecule has 30 heavy (non-hydrogen) atoms. The number of furan rings is 1. The van der Waals surface area contributed by atoms with Gasteiger partial charge >= 0.3 is 0 Å². The molecule has 1 atom stereocenters. The molecule has 3 aromatic rings. The van der Waals surface area contributed by atoms with Gasteiger partial charge in [-0.3, -0.25) is 9.59 Å². The number of ether oxygens (including phenoxy) is 1. The minimum Gasteiger partial charge on any atom is -0.497 e. The summed E-state index contributed by atoms with van der Waals surface area (Å²) in [6.07, 6.45) is 2.98. The highest BCUT2D eigenvalue weighted by Crippen LogP contribution is 2.25. The second kappa shape index (κ2) is 8.61. The van der Waals surface area contributed by atoms with E-state index < -0.39 is 0 Å².